The Morgan fingerprint density at radius 1 is 1.06 bits per heavy atom. The second kappa shape index (κ2) is 8.73. The van der Waals surface area contributed by atoms with Gasteiger partial charge in [0.15, 0.2) is 5.78 Å². The number of carbonyl (C=O) groups is 3. The smallest absolute Gasteiger partial charge is 0.417 e. The second-order valence-corrected chi connectivity index (χ2v) is 10.1. The molecule has 0 bridgehead atoms. The number of fused-ring (bicyclic) bond motifs is 1. The number of nitrogens with zero attached hydrogens (tertiary/aromatic N) is 2. The molecule has 4 aromatic rings. The van der Waals surface area contributed by atoms with Crippen LogP contribution in [0.2, 0.25) is 0 Å². The molecule has 0 saturated carbocycles. The largest absolute Gasteiger partial charge is 0.443 e. The fourth-order valence-corrected chi connectivity index (χ4v) is 4.81. The van der Waals surface area contributed by atoms with Crippen molar-refractivity contribution in [3.05, 3.63) is 71.5 Å². The van der Waals surface area contributed by atoms with Crippen molar-refractivity contribution < 1.29 is 19.1 Å². The Bertz CT molecular complexity index is 1450. The minimum Gasteiger partial charge on any atom is -0.443 e. The summed E-state index contributed by atoms with van der Waals surface area (Å²) in [5, 5.41) is 1.77. The van der Waals surface area contributed by atoms with Crippen LogP contribution in [0.4, 0.5) is 4.79 Å². The zero-order valence-electron chi connectivity index (χ0n) is 20.3. The van der Waals surface area contributed by atoms with Crippen LogP contribution in [0.1, 0.15) is 48.7 Å². The van der Waals surface area contributed by atoms with E-state index < -0.39 is 17.6 Å². The number of ketones is 1. The van der Waals surface area contributed by atoms with Crippen LogP contribution in [0, 0.1) is 0 Å². The van der Waals surface area contributed by atoms with Gasteiger partial charge in [0, 0.05) is 40.8 Å². The number of rotatable bonds is 5. The fraction of sp³-hybridized carbons (Fsp3) is 0.321. The number of nitrogens with one attached hydrogen (secondary N) is 1. The maximum absolute atomic E-state index is 13.5. The standard InChI is InChI=1S/C28H29N3O4/c1-28(2,3)35-27(34)31(25(33)14-19-15-29-23-12-5-4-10-20(19)23)17-24(32)22-16-30-13-7-9-18-8-6-11-21(22)26(18)30/h4-6,8,10-12,15-16,29H,7,9,13-14,17H2,1-3H3. The molecule has 0 saturated heterocycles. The van der Waals surface area contributed by atoms with Gasteiger partial charge in [0.05, 0.1) is 18.5 Å². The molecule has 1 N–H and O–H groups in total. The topological polar surface area (TPSA) is 84.4 Å². The van der Waals surface area contributed by atoms with Crippen molar-refractivity contribution in [2.45, 2.75) is 52.2 Å². The molecule has 0 unspecified atom stereocenters. The number of aryl methyl sites for hydroxylation is 2. The molecule has 1 aliphatic rings. The van der Waals surface area contributed by atoms with Gasteiger partial charge in [-0.3, -0.25) is 9.59 Å². The number of ether oxygens (including phenoxy) is 1. The van der Waals surface area contributed by atoms with E-state index >= 15 is 0 Å². The third kappa shape index (κ3) is 4.46. The van der Waals surface area contributed by atoms with Gasteiger partial charge in [0.1, 0.15) is 5.60 Å². The van der Waals surface area contributed by atoms with Crippen molar-refractivity contribution in [3.8, 4) is 0 Å². The Balaban J connectivity index is 1.45. The highest BCUT2D eigenvalue weighted by molar-refractivity contribution is 6.12. The number of H-pyrrole nitrogens is 1. The summed E-state index contributed by atoms with van der Waals surface area (Å²) >= 11 is 0. The molecule has 0 aliphatic carbocycles. The molecule has 2 aromatic heterocycles. The van der Waals surface area contributed by atoms with Gasteiger partial charge in [0.25, 0.3) is 0 Å². The second-order valence-electron chi connectivity index (χ2n) is 10.1. The number of hydrogen-bond donors (Lipinski definition) is 1. The number of hydrogen-bond acceptors (Lipinski definition) is 4. The molecule has 7 nitrogen and oxygen atoms in total. The average molecular weight is 472 g/mol. The van der Waals surface area contributed by atoms with Gasteiger partial charge in [-0.15, -0.1) is 0 Å². The highest BCUT2D eigenvalue weighted by Gasteiger charge is 2.31. The summed E-state index contributed by atoms with van der Waals surface area (Å²) in [6, 6.07) is 13.6. The van der Waals surface area contributed by atoms with Gasteiger partial charge >= 0.3 is 6.09 Å². The van der Waals surface area contributed by atoms with Crippen LogP contribution in [0.25, 0.3) is 21.8 Å². The monoisotopic (exact) mass is 471 g/mol. The number of imide groups is 1. The molecule has 7 heteroatoms. The van der Waals surface area contributed by atoms with Crippen LogP contribution in [0.5, 0.6) is 0 Å². The molecule has 35 heavy (non-hydrogen) atoms. The third-order valence-electron chi connectivity index (χ3n) is 6.36. The molecule has 2 amide bonds. The minimum absolute atomic E-state index is 0.0254. The van der Waals surface area contributed by atoms with Gasteiger partial charge < -0.3 is 14.3 Å². The number of para-hydroxylation sites is 2. The molecule has 5 rings (SSSR count). The molecule has 0 fully saturated rings. The summed E-state index contributed by atoms with van der Waals surface area (Å²) in [4.78, 5) is 44.1. The van der Waals surface area contributed by atoms with Crippen LogP contribution >= 0.6 is 0 Å². The lowest BCUT2D eigenvalue weighted by Crippen LogP contribution is -2.44. The summed E-state index contributed by atoms with van der Waals surface area (Å²) in [5.41, 5.74) is 3.67. The van der Waals surface area contributed by atoms with Crippen molar-refractivity contribution in [1.29, 1.82) is 0 Å². The van der Waals surface area contributed by atoms with E-state index in [1.54, 1.807) is 27.0 Å². The number of carbonyl (C=O) groups excluding carboxylic acids is 3. The zero-order valence-corrected chi connectivity index (χ0v) is 20.3. The average Bonchev–Trinajstić information content (AvgIpc) is 3.39. The third-order valence-corrected chi connectivity index (χ3v) is 6.36. The number of aromatic nitrogens is 2. The maximum atomic E-state index is 13.5. The first-order chi connectivity index (χ1) is 16.7. The van der Waals surface area contributed by atoms with E-state index in [1.165, 1.54) is 5.56 Å². The Morgan fingerprint density at radius 2 is 1.83 bits per heavy atom. The van der Waals surface area contributed by atoms with E-state index in [4.69, 9.17) is 4.74 Å². The molecular formula is C28H29N3O4. The normalized spacial score (nSPS) is 13.2. The zero-order chi connectivity index (χ0) is 24.7. The number of Topliss-reactive ketones (excluding diaryl/α,β-unsaturated/α-hetero) is 1. The van der Waals surface area contributed by atoms with E-state index in [0.29, 0.717) is 5.56 Å². The van der Waals surface area contributed by atoms with Crippen LogP contribution in [0.3, 0.4) is 0 Å². The van der Waals surface area contributed by atoms with Crippen molar-refractivity contribution in [1.82, 2.24) is 14.5 Å². The Labute approximate surface area is 203 Å². The van der Waals surface area contributed by atoms with E-state index in [0.717, 1.165) is 51.7 Å². The van der Waals surface area contributed by atoms with E-state index in [-0.39, 0.29) is 18.7 Å². The first-order valence-corrected chi connectivity index (χ1v) is 11.9. The quantitative estimate of drug-likeness (QED) is 0.403. The first-order valence-electron chi connectivity index (χ1n) is 11.9. The maximum Gasteiger partial charge on any atom is 0.417 e. The van der Waals surface area contributed by atoms with Gasteiger partial charge in [-0.05, 0) is 50.8 Å². The number of aromatic amines is 1. The summed E-state index contributed by atoms with van der Waals surface area (Å²) in [7, 11) is 0. The van der Waals surface area contributed by atoms with E-state index in [9.17, 15) is 14.4 Å². The molecule has 3 heterocycles. The highest BCUT2D eigenvalue weighted by atomic mass is 16.6. The summed E-state index contributed by atoms with van der Waals surface area (Å²) in [5.74, 6) is -0.767. The lowest BCUT2D eigenvalue weighted by molar-refractivity contribution is -0.129. The van der Waals surface area contributed by atoms with Crippen LogP contribution in [-0.4, -0.2) is 44.4 Å². The lowest BCUT2D eigenvalue weighted by Gasteiger charge is -2.25. The van der Waals surface area contributed by atoms with Crippen molar-refractivity contribution in [2.75, 3.05) is 6.54 Å². The molecule has 180 valence electrons. The van der Waals surface area contributed by atoms with Crippen LogP contribution in [-0.2, 0) is 28.9 Å². The molecule has 0 atom stereocenters. The Hall–Kier alpha value is -3.87. The number of benzene rings is 2. The van der Waals surface area contributed by atoms with E-state index in [1.807, 2.05) is 42.6 Å². The van der Waals surface area contributed by atoms with Crippen molar-refractivity contribution >= 4 is 39.6 Å². The highest BCUT2D eigenvalue weighted by Crippen LogP contribution is 2.30. The molecular weight excluding hydrogens is 442 g/mol. The predicted molar refractivity (Wildman–Crippen MR) is 135 cm³/mol. The first kappa shape index (κ1) is 22.9. The van der Waals surface area contributed by atoms with Gasteiger partial charge in [-0.25, -0.2) is 9.69 Å². The Kier molecular flexibility index (Phi) is 5.71. The van der Waals surface area contributed by atoms with Crippen LogP contribution < -0.4 is 0 Å². The van der Waals surface area contributed by atoms with Gasteiger partial charge in [-0.2, -0.15) is 0 Å². The number of amides is 2. The van der Waals surface area contributed by atoms with Crippen LogP contribution in [0.15, 0.2) is 54.9 Å². The molecule has 1 aliphatic heterocycles. The van der Waals surface area contributed by atoms with Crippen molar-refractivity contribution in [2.24, 2.45) is 0 Å². The lowest BCUT2D eigenvalue weighted by atomic mass is 10.0. The summed E-state index contributed by atoms with van der Waals surface area (Å²) in [6.07, 6.45) is 4.77. The predicted octanol–water partition coefficient (Wildman–Crippen LogP) is 5.26. The summed E-state index contributed by atoms with van der Waals surface area (Å²) in [6.45, 7) is 5.68. The summed E-state index contributed by atoms with van der Waals surface area (Å²) < 4.78 is 7.61. The molecule has 0 radical (unpaired) electrons. The molecule has 0 spiro atoms. The molecule has 2 aromatic carbocycles. The van der Waals surface area contributed by atoms with E-state index in [2.05, 4.69) is 15.6 Å². The van der Waals surface area contributed by atoms with Gasteiger partial charge in [-0.1, -0.05) is 36.4 Å². The van der Waals surface area contributed by atoms with Gasteiger partial charge in [0.2, 0.25) is 5.91 Å². The van der Waals surface area contributed by atoms with Crippen molar-refractivity contribution in [3.63, 3.8) is 0 Å². The fourth-order valence-electron chi connectivity index (χ4n) is 4.81. The minimum atomic E-state index is -0.815. The SMILES string of the molecule is CC(C)(C)OC(=O)N(CC(=O)c1cn2c3c(cccc13)CCC2)C(=O)Cc1c[nH]c2ccccc12. The Morgan fingerprint density at radius 3 is 2.63 bits per heavy atom.